The molecule has 0 unspecified atom stereocenters. The highest BCUT2D eigenvalue weighted by molar-refractivity contribution is 5.19. The fourth-order valence-electron chi connectivity index (χ4n) is 1.24. The van der Waals surface area contributed by atoms with Gasteiger partial charge in [0, 0.05) is 13.0 Å². The molecule has 0 atom stereocenters. The van der Waals surface area contributed by atoms with E-state index >= 15 is 0 Å². The van der Waals surface area contributed by atoms with Crippen molar-refractivity contribution < 1.29 is 17.9 Å². The minimum atomic E-state index is -4.11. The van der Waals surface area contributed by atoms with Gasteiger partial charge in [-0.25, -0.2) is 0 Å². The van der Waals surface area contributed by atoms with Crippen LogP contribution in [0.1, 0.15) is 18.5 Å². The fourth-order valence-corrected chi connectivity index (χ4v) is 1.24. The van der Waals surface area contributed by atoms with E-state index in [0.29, 0.717) is 12.3 Å². The summed E-state index contributed by atoms with van der Waals surface area (Å²) < 4.78 is 40.7. The lowest BCUT2D eigenvalue weighted by molar-refractivity contribution is -0.136. The van der Waals surface area contributed by atoms with Crippen molar-refractivity contribution in [1.82, 2.24) is 10.3 Å². The smallest absolute Gasteiger partial charge is 0.389 e. The molecule has 0 fully saturated rings. The molecule has 1 rings (SSSR count). The number of aromatic nitrogens is 1. The summed E-state index contributed by atoms with van der Waals surface area (Å²) in [7, 11) is 1.81. The lowest BCUT2D eigenvalue weighted by Crippen LogP contribution is -2.10. The maximum atomic E-state index is 11.8. The average Bonchev–Trinajstić information content (AvgIpc) is 2.26. The third kappa shape index (κ3) is 6.11. The third-order valence-electron chi connectivity index (χ3n) is 2.03. The first-order valence-corrected chi connectivity index (χ1v) is 5.30. The van der Waals surface area contributed by atoms with E-state index in [-0.39, 0.29) is 13.0 Å². The van der Waals surface area contributed by atoms with E-state index in [1.54, 1.807) is 12.1 Å². The first-order chi connectivity index (χ1) is 8.01. The van der Waals surface area contributed by atoms with Crippen LogP contribution in [0, 0.1) is 0 Å². The maximum Gasteiger partial charge on any atom is 0.389 e. The van der Waals surface area contributed by atoms with Gasteiger partial charge < -0.3 is 10.1 Å². The molecule has 0 saturated carbocycles. The summed E-state index contributed by atoms with van der Waals surface area (Å²) in [6.45, 7) is 0.695. The Bertz CT molecular complexity index is 324. The third-order valence-corrected chi connectivity index (χ3v) is 2.03. The van der Waals surface area contributed by atoms with Crippen LogP contribution in [0.2, 0.25) is 0 Å². The van der Waals surface area contributed by atoms with Crippen LogP contribution in [0.25, 0.3) is 0 Å². The normalized spacial score (nSPS) is 11.5. The molecule has 17 heavy (non-hydrogen) atoms. The Kier molecular flexibility index (Phi) is 5.21. The van der Waals surface area contributed by atoms with E-state index in [0.717, 1.165) is 5.69 Å². The van der Waals surface area contributed by atoms with Crippen molar-refractivity contribution in [3.63, 3.8) is 0 Å². The molecule has 6 heteroatoms. The van der Waals surface area contributed by atoms with Gasteiger partial charge in [0.1, 0.15) is 5.75 Å². The van der Waals surface area contributed by atoms with Gasteiger partial charge in [0.15, 0.2) is 0 Å². The van der Waals surface area contributed by atoms with E-state index in [4.69, 9.17) is 4.74 Å². The van der Waals surface area contributed by atoms with Gasteiger partial charge in [-0.15, -0.1) is 0 Å². The van der Waals surface area contributed by atoms with E-state index in [1.165, 1.54) is 6.20 Å². The molecule has 0 aliphatic rings. The molecule has 1 heterocycles. The standard InChI is InChI=1S/C11H15F3N2O/c1-15-7-9-3-4-10(8-16-9)17-6-2-5-11(12,13)14/h3-4,8,15H,2,5-7H2,1H3. The summed E-state index contributed by atoms with van der Waals surface area (Å²) in [6, 6.07) is 3.48. The molecule has 1 aromatic heterocycles. The molecular formula is C11H15F3N2O. The predicted octanol–water partition coefficient (Wildman–Crippen LogP) is 2.52. The number of hydrogen-bond donors (Lipinski definition) is 1. The van der Waals surface area contributed by atoms with Gasteiger partial charge in [-0.05, 0) is 25.6 Å². The molecule has 0 radical (unpaired) electrons. The molecule has 0 saturated heterocycles. The van der Waals surface area contributed by atoms with Crippen LogP contribution in [0.4, 0.5) is 13.2 Å². The number of pyridine rings is 1. The minimum absolute atomic E-state index is 0.0399. The van der Waals surface area contributed by atoms with Crippen LogP contribution >= 0.6 is 0 Å². The Morgan fingerprint density at radius 1 is 1.35 bits per heavy atom. The Labute approximate surface area is 98.0 Å². The van der Waals surface area contributed by atoms with Gasteiger partial charge in [0.25, 0.3) is 0 Å². The van der Waals surface area contributed by atoms with Crippen LogP contribution in [-0.4, -0.2) is 24.8 Å². The summed E-state index contributed by atoms with van der Waals surface area (Å²) in [5.41, 5.74) is 0.857. The minimum Gasteiger partial charge on any atom is -0.492 e. The quantitative estimate of drug-likeness (QED) is 0.785. The van der Waals surface area contributed by atoms with Gasteiger partial charge in [-0.3, -0.25) is 4.98 Å². The Hall–Kier alpha value is -1.30. The molecule has 0 spiro atoms. The predicted molar refractivity (Wildman–Crippen MR) is 57.8 cm³/mol. The monoisotopic (exact) mass is 248 g/mol. The van der Waals surface area contributed by atoms with Gasteiger partial charge in [-0.2, -0.15) is 13.2 Å². The van der Waals surface area contributed by atoms with Crippen LogP contribution < -0.4 is 10.1 Å². The highest BCUT2D eigenvalue weighted by Gasteiger charge is 2.26. The number of alkyl halides is 3. The number of hydrogen-bond acceptors (Lipinski definition) is 3. The van der Waals surface area contributed by atoms with Gasteiger partial charge in [0.2, 0.25) is 0 Å². The van der Waals surface area contributed by atoms with Crippen LogP contribution in [0.15, 0.2) is 18.3 Å². The molecule has 0 amide bonds. The van der Waals surface area contributed by atoms with Crippen LogP contribution in [0.5, 0.6) is 5.75 Å². The zero-order valence-corrected chi connectivity index (χ0v) is 9.55. The highest BCUT2D eigenvalue weighted by Crippen LogP contribution is 2.21. The molecule has 0 aromatic carbocycles. The van der Waals surface area contributed by atoms with E-state index < -0.39 is 12.6 Å². The number of halogens is 3. The van der Waals surface area contributed by atoms with Gasteiger partial charge in [-0.1, -0.05) is 0 Å². The summed E-state index contributed by atoms with van der Waals surface area (Å²) in [4.78, 5) is 4.09. The molecule has 0 aliphatic heterocycles. The van der Waals surface area contributed by atoms with Gasteiger partial charge in [0.05, 0.1) is 18.5 Å². The number of nitrogens with zero attached hydrogens (tertiary/aromatic N) is 1. The van der Waals surface area contributed by atoms with Crippen molar-refractivity contribution in [3.05, 3.63) is 24.0 Å². The number of rotatable bonds is 6. The molecule has 3 nitrogen and oxygen atoms in total. The Morgan fingerprint density at radius 3 is 2.65 bits per heavy atom. The van der Waals surface area contributed by atoms with E-state index in [1.807, 2.05) is 7.05 Å². The summed E-state index contributed by atoms with van der Waals surface area (Å²) in [5.74, 6) is 0.493. The Balaban J connectivity index is 2.27. The second kappa shape index (κ2) is 6.44. The molecule has 0 aliphatic carbocycles. The maximum absolute atomic E-state index is 11.8. The molecule has 96 valence electrons. The zero-order valence-electron chi connectivity index (χ0n) is 9.55. The fraction of sp³-hybridized carbons (Fsp3) is 0.545. The molecular weight excluding hydrogens is 233 g/mol. The summed E-state index contributed by atoms with van der Waals surface area (Å²) >= 11 is 0. The summed E-state index contributed by atoms with van der Waals surface area (Å²) in [5, 5.41) is 2.94. The van der Waals surface area contributed by atoms with Crippen molar-refractivity contribution in [2.45, 2.75) is 25.6 Å². The zero-order chi connectivity index (χ0) is 12.7. The largest absolute Gasteiger partial charge is 0.492 e. The second-order valence-electron chi connectivity index (χ2n) is 3.58. The summed E-state index contributed by atoms with van der Waals surface area (Å²) in [6.07, 6.45) is -3.46. The number of nitrogens with one attached hydrogen (secondary N) is 1. The second-order valence-corrected chi connectivity index (χ2v) is 3.58. The molecule has 0 bridgehead atoms. The SMILES string of the molecule is CNCc1ccc(OCCCC(F)(F)F)cn1. The van der Waals surface area contributed by atoms with Crippen molar-refractivity contribution in [1.29, 1.82) is 0 Å². The number of ether oxygens (including phenoxy) is 1. The first-order valence-electron chi connectivity index (χ1n) is 5.30. The van der Waals surface area contributed by atoms with Crippen molar-refractivity contribution >= 4 is 0 Å². The first kappa shape index (κ1) is 13.8. The lowest BCUT2D eigenvalue weighted by atomic mass is 10.3. The van der Waals surface area contributed by atoms with Crippen LogP contribution in [0.3, 0.4) is 0 Å². The highest BCUT2D eigenvalue weighted by atomic mass is 19.4. The van der Waals surface area contributed by atoms with Crippen molar-refractivity contribution in [3.8, 4) is 5.75 Å². The van der Waals surface area contributed by atoms with Crippen LogP contribution in [-0.2, 0) is 6.54 Å². The van der Waals surface area contributed by atoms with E-state index in [9.17, 15) is 13.2 Å². The van der Waals surface area contributed by atoms with Crippen molar-refractivity contribution in [2.24, 2.45) is 0 Å². The molecule has 1 aromatic rings. The van der Waals surface area contributed by atoms with Gasteiger partial charge >= 0.3 is 6.18 Å². The molecule has 1 N–H and O–H groups in total. The Morgan fingerprint density at radius 2 is 2.12 bits per heavy atom. The lowest BCUT2D eigenvalue weighted by Gasteiger charge is -2.08. The average molecular weight is 248 g/mol. The topological polar surface area (TPSA) is 34.1 Å². The van der Waals surface area contributed by atoms with Crippen molar-refractivity contribution in [2.75, 3.05) is 13.7 Å². The van der Waals surface area contributed by atoms with E-state index in [2.05, 4.69) is 10.3 Å².